The maximum absolute atomic E-state index is 11.8. The van der Waals surface area contributed by atoms with Gasteiger partial charge in [-0.1, -0.05) is 42.2 Å². The van der Waals surface area contributed by atoms with Gasteiger partial charge in [0.05, 0.1) is 13.2 Å². The van der Waals surface area contributed by atoms with Crippen LogP contribution in [0, 0.1) is 0 Å². The van der Waals surface area contributed by atoms with Gasteiger partial charge in [0.15, 0.2) is 5.69 Å². The summed E-state index contributed by atoms with van der Waals surface area (Å²) in [5.74, 6) is -0.424. The second-order valence-corrected chi connectivity index (χ2v) is 7.17. The Morgan fingerprint density at radius 3 is 2.67 bits per heavy atom. The molecular weight excluding hydrogens is 406 g/mol. The quantitative estimate of drug-likeness (QED) is 0.165. The Kier molecular flexibility index (Phi) is 10.2. The molecule has 0 aliphatic carbocycles. The third-order valence-electron chi connectivity index (χ3n) is 4.08. The molecule has 1 N–H and O–H groups in total. The van der Waals surface area contributed by atoms with Crippen LogP contribution in [0.15, 0.2) is 34.8 Å². The summed E-state index contributed by atoms with van der Waals surface area (Å²) in [5, 5.41) is 8.60. The molecule has 0 saturated heterocycles. The highest BCUT2D eigenvalue weighted by Crippen LogP contribution is 2.24. The zero-order valence-corrected chi connectivity index (χ0v) is 17.7. The van der Waals surface area contributed by atoms with Crippen molar-refractivity contribution in [1.82, 2.24) is 10.3 Å². The maximum atomic E-state index is 11.8. The lowest BCUT2D eigenvalue weighted by atomic mass is 10.1. The fourth-order valence-corrected chi connectivity index (χ4v) is 3.34. The first kappa shape index (κ1) is 23.2. The fraction of sp³-hybridized carbons (Fsp3) is 0.450. The molecule has 0 saturated carbocycles. The number of benzene rings is 1. The molecule has 10 heteroatoms. The third-order valence-corrected chi connectivity index (χ3v) is 4.97. The number of aromatic nitrogens is 1. The number of esters is 1. The van der Waals surface area contributed by atoms with Crippen LogP contribution in [0.25, 0.3) is 21.0 Å². The molecule has 2 rings (SSSR count). The highest BCUT2D eigenvalue weighted by Gasteiger charge is 2.12. The standard InChI is InChI=1S/C20H25N5O4S/c1-2-28-19(26)17-14-30-18(24-17)16-9-7-15(8-10-16)13-22-20(27)29-12-6-4-3-5-11-23-25-21/h7-10,14H,2-6,11-13H2,1H3,(H,22,27). The van der Waals surface area contributed by atoms with Crippen molar-refractivity contribution < 1.29 is 19.1 Å². The molecule has 0 unspecified atom stereocenters. The van der Waals surface area contributed by atoms with E-state index in [9.17, 15) is 9.59 Å². The summed E-state index contributed by atoms with van der Waals surface area (Å²) in [6.45, 7) is 3.29. The van der Waals surface area contributed by atoms with Crippen LogP contribution in [0.2, 0.25) is 0 Å². The van der Waals surface area contributed by atoms with Crippen molar-refractivity contribution in [3.05, 3.63) is 51.3 Å². The second kappa shape index (κ2) is 13.2. The number of nitrogens with zero attached hydrogens (tertiary/aromatic N) is 4. The molecule has 1 heterocycles. The number of carbonyl (C=O) groups excluding carboxylic acids is 2. The number of carbonyl (C=O) groups is 2. The summed E-state index contributed by atoms with van der Waals surface area (Å²) < 4.78 is 10.1. The summed E-state index contributed by atoms with van der Waals surface area (Å²) in [7, 11) is 0. The molecule has 0 bridgehead atoms. The summed E-state index contributed by atoms with van der Waals surface area (Å²) in [6.07, 6.45) is 3.03. The molecule has 30 heavy (non-hydrogen) atoms. The Morgan fingerprint density at radius 2 is 1.93 bits per heavy atom. The minimum atomic E-state index is -0.452. The van der Waals surface area contributed by atoms with Gasteiger partial charge in [-0.3, -0.25) is 0 Å². The highest BCUT2D eigenvalue weighted by atomic mass is 32.1. The van der Waals surface area contributed by atoms with Gasteiger partial charge in [-0.15, -0.1) is 11.3 Å². The van der Waals surface area contributed by atoms with Gasteiger partial charge in [0.2, 0.25) is 0 Å². The Morgan fingerprint density at radius 1 is 1.17 bits per heavy atom. The fourth-order valence-electron chi connectivity index (χ4n) is 2.54. The monoisotopic (exact) mass is 431 g/mol. The van der Waals surface area contributed by atoms with E-state index < -0.39 is 12.1 Å². The molecule has 0 fully saturated rings. The minimum Gasteiger partial charge on any atom is -0.461 e. The van der Waals surface area contributed by atoms with Crippen molar-refractivity contribution in [2.24, 2.45) is 5.11 Å². The van der Waals surface area contributed by atoms with Crippen molar-refractivity contribution in [3.8, 4) is 10.6 Å². The third kappa shape index (κ3) is 8.10. The van der Waals surface area contributed by atoms with Crippen LogP contribution in [0.1, 0.15) is 48.7 Å². The number of hydrogen-bond donors (Lipinski definition) is 1. The number of amides is 1. The molecule has 1 aromatic heterocycles. The zero-order valence-electron chi connectivity index (χ0n) is 16.9. The van der Waals surface area contributed by atoms with E-state index in [-0.39, 0.29) is 0 Å². The van der Waals surface area contributed by atoms with E-state index in [2.05, 4.69) is 20.3 Å². The van der Waals surface area contributed by atoms with E-state index in [4.69, 9.17) is 15.0 Å². The summed E-state index contributed by atoms with van der Waals surface area (Å²) in [4.78, 5) is 30.5. The van der Waals surface area contributed by atoms with Gasteiger partial charge in [0.25, 0.3) is 0 Å². The van der Waals surface area contributed by atoms with Crippen LogP contribution >= 0.6 is 11.3 Å². The molecule has 1 aromatic carbocycles. The van der Waals surface area contributed by atoms with Crippen molar-refractivity contribution in [2.75, 3.05) is 19.8 Å². The molecule has 0 spiro atoms. The first-order valence-electron chi connectivity index (χ1n) is 9.77. The molecule has 9 nitrogen and oxygen atoms in total. The van der Waals surface area contributed by atoms with Crippen molar-refractivity contribution in [3.63, 3.8) is 0 Å². The topological polar surface area (TPSA) is 126 Å². The Hall–Kier alpha value is -3.10. The van der Waals surface area contributed by atoms with Crippen LogP contribution in [0.4, 0.5) is 4.79 Å². The molecule has 160 valence electrons. The molecule has 0 atom stereocenters. The number of hydrogen-bond acceptors (Lipinski definition) is 7. The number of nitrogens with one attached hydrogen (secondary N) is 1. The lowest BCUT2D eigenvalue weighted by Gasteiger charge is -2.07. The van der Waals surface area contributed by atoms with Crippen molar-refractivity contribution >= 4 is 23.4 Å². The van der Waals surface area contributed by atoms with Crippen molar-refractivity contribution in [1.29, 1.82) is 0 Å². The lowest BCUT2D eigenvalue weighted by molar-refractivity contribution is 0.0520. The van der Waals surface area contributed by atoms with E-state index in [0.717, 1.165) is 41.8 Å². The predicted octanol–water partition coefficient (Wildman–Crippen LogP) is 5.08. The van der Waals surface area contributed by atoms with Gasteiger partial charge in [0.1, 0.15) is 5.01 Å². The van der Waals surface area contributed by atoms with E-state index >= 15 is 0 Å². The van der Waals surface area contributed by atoms with Gasteiger partial charge in [-0.25, -0.2) is 14.6 Å². The molecule has 0 aliphatic heterocycles. The van der Waals surface area contributed by atoms with Crippen LogP contribution < -0.4 is 5.32 Å². The number of rotatable bonds is 12. The first-order valence-corrected chi connectivity index (χ1v) is 10.7. The summed E-state index contributed by atoms with van der Waals surface area (Å²) >= 11 is 1.38. The van der Waals surface area contributed by atoms with Crippen LogP contribution in [0.3, 0.4) is 0 Å². The predicted molar refractivity (Wildman–Crippen MR) is 114 cm³/mol. The van der Waals surface area contributed by atoms with Crippen LogP contribution in [0.5, 0.6) is 0 Å². The molecule has 2 aromatic rings. The van der Waals surface area contributed by atoms with Gasteiger partial charge >= 0.3 is 12.1 Å². The Bertz CT molecular complexity index is 862. The van der Waals surface area contributed by atoms with Crippen LogP contribution in [-0.4, -0.2) is 36.8 Å². The van der Waals surface area contributed by atoms with E-state index in [1.807, 2.05) is 24.3 Å². The minimum absolute atomic E-state index is 0.306. The van der Waals surface area contributed by atoms with Gasteiger partial charge in [-0.2, -0.15) is 0 Å². The van der Waals surface area contributed by atoms with Gasteiger partial charge in [0, 0.05) is 28.9 Å². The normalized spacial score (nSPS) is 10.2. The second-order valence-electron chi connectivity index (χ2n) is 6.31. The van der Waals surface area contributed by atoms with E-state index in [1.54, 1.807) is 12.3 Å². The molecule has 0 radical (unpaired) electrons. The molecule has 1 amide bonds. The van der Waals surface area contributed by atoms with E-state index in [1.165, 1.54) is 11.3 Å². The lowest BCUT2D eigenvalue weighted by Crippen LogP contribution is -2.24. The molecule has 0 aliphatic rings. The Labute approximate surface area is 179 Å². The number of ether oxygens (including phenoxy) is 2. The first-order chi connectivity index (χ1) is 14.6. The van der Waals surface area contributed by atoms with Crippen LogP contribution in [-0.2, 0) is 16.0 Å². The zero-order chi connectivity index (χ0) is 21.6. The number of azide groups is 1. The maximum Gasteiger partial charge on any atom is 0.407 e. The SMILES string of the molecule is CCOC(=O)c1csc(-c2ccc(CNC(=O)OCCCCCCN=[N+]=[N-])cc2)n1. The van der Waals surface area contributed by atoms with Crippen molar-refractivity contribution in [2.45, 2.75) is 39.2 Å². The van der Waals surface area contributed by atoms with Gasteiger partial charge < -0.3 is 14.8 Å². The average molecular weight is 432 g/mol. The number of thiazole rings is 1. The summed E-state index contributed by atoms with van der Waals surface area (Å²) in [6, 6.07) is 7.58. The summed E-state index contributed by atoms with van der Waals surface area (Å²) in [5.41, 5.74) is 10.3. The van der Waals surface area contributed by atoms with E-state index in [0.29, 0.717) is 32.0 Å². The Balaban J connectivity index is 1.69. The average Bonchev–Trinajstić information content (AvgIpc) is 3.25. The smallest absolute Gasteiger partial charge is 0.407 e. The highest BCUT2D eigenvalue weighted by molar-refractivity contribution is 7.13. The largest absolute Gasteiger partial charge is 0.461 e. The number of unbranched alkanes of at least 4 members (excludes halogenated alkanes) is 3. The van der Waals surface area contributed by atoms with Gasteiger partial charge in [-0.05, 0) is 30.9 Å². The molecular formula is C20H25N5O4S. The number of alkyl carbamates (subject to hydrolysis) is 1.